The molecule has 0 saturated carbocycles. The highest BCUT2D eigenvalue weighted by Gasteiger charge is 2.12. The number of aromatic nitrogens is 1. The van der Waals surface area contributed by atoms with Gasteiger partial charge in [-0.15, -0.1) is 0 Å². The Balaban J connectivity index is 2.22. The molecule has 0 spiro atoms. The van der Waals surface area contributed by atoms with E-state index < -0.39 is 0 Å². The Morgan fingerprint density at radius 2 is 2.36 bits per heavy atom. The Morgan fingerprint density at radius 1 is 1.43 bits per heavy atom. The summed E-state index contributed by atoms with van der Waals surface area (Å²) in [4.78, 5) is 4.29. The third-order valence-electron chi connectivity index (χ3n) is 2.43. The van der Waals surface area contributed by atoms with Crippen LogP contribution < -0.4 is 0 Å². The van der Waals surface area contributed by atoms with Gasteiger partial charge in [-0.25, -0.2) is 4.98 Å². The lowest BCUT2D eigenvalue weighted by atomic mass is 10.0. The predicted molar refractivity (Wildman–Crippen MR) is 56.8 cm³/mol. The van der Waals surface area contributed by atoms with Gasteiger partial charge in [0.25, 0.3) is 0 Å². The number of aryl methyl sites for hydroxylation is 1. The lowest BCUT2D eigenvalue weighted by Crippen LogP contribution is -1.92. The Morgan fingerprint density at radius 3 is 3.07 bits per heavy atom. The molecule has 0 radical (unpaired) electrons. The van der Waals surface area contributed by atoms with Crippen molar-refractivity contribution in [2.75, 3.05) is 0 Å². The number of hydrogen-bond acceptors (Lipinski definition) is 2. The molecule has 0 bridgehead atoms. The van der Waals surface area contributed by atoms with Crippen LogP contribution in [0.2, 0.25) is 0 Å². The van der Waals surface area contributed by atoms with Gasteiger partial charge in [-0.2, -0.15) is 0 Å². The molecule has 1 heterocycles. The van der Waals surface area contributed by atoms with Crippen molar-refractivity contribution >= 4 is 5.57 Å². The number of allylic oxidation sites excluding steroid dienone is 4. The average molecular weight is 189 g/mol. The van der Waals surface area contributed by atoms with Crippen LogP contribution in [0.5, 0.6) is 0 Å². The van der Waals surface area contributed by atoms with E-state index in [1.807, 2.05) is 0 Å². The molecule has 1 aliphatic rings. The monoisotopic (exact) mass is 189 g/mol. The smallest absolute Gasteiger partial charge is 0.181 e. The number of rotatable bonds is 3. The van der Waals surface area contributed by atoms with Gasteiger partial charge in [0.15, 0.2) is 6.39 Å². The van der Waals surface area contributed by atoms with E-state index in [0.717, 1.165) is 37.1 Å². The van der Waals surface area contributed by atoms with Crippen molar-refractivity contribution < 1.29 is 4.42 Å². The van der Waals surface area contributed by atoms with Crippen LogP contribution in [0.25, 0.3) is 5.57 Å². The molecule has 0 saturated heterocycles. The molecule has 2 rings (SSSR count). The quantitative estimate of drug-likeness (QED) is 0.681. The van der Waals surface area contributed by atoms with Crippen LogP contribution in [0.3, 0.4) is 0 Å². The van der Waals surface area contributed by atoms with Gasteiger partial charge in [0.2, 0.25) is 0 Å². The molecular weight excluding hydrogens is 174 g/mol. The molecular formula is C12H15NO. The Bertz CT molecular complexity index is 360. The number of hydrogen-bond donors (Lipinski definition) is 0. The summed E-state index contributed by atoms with van der Waals surface area (Å²) in [5, 5.41) is 0. The average Bonchev–Trinajstić information content (AvgIpc) is 2.68. The zero-order valence-corrected chi connectivity index (χ0v) is 8.49. The first-order valence-electron chi connectivity index (χ1n) is 5.18. The number of nitrogens with zero attached hydrogens (tertiary/aromatic N) is 1. The SMILES string of the molecule is CCCc1ocnc1C1=CCC=CC1. The van der Waals surface area contributed by atoms with Crippen LogP contribution >= 0.6 is 0 Å². The fourth-order valence-electron chi connectivity index (χ4n) is 1.73. The van der Waals surface area contributed by atoms with Crippen LogP contribution in [0.4, 0.5) is 0 Å². The van der Waals surface area contributed by atoms with E-state index in [2.05, 4.69) is 30.1 Å². The normalized spacial score (nSPS) is 15.6. The van der Waals surface area contributed by atoms with Crippen molar-refractivity contribution in [1.29, 1.82) is 0 Å². The Labute approximate surface area is 84.3 Å². The molecule has 1 aromatic rings. The van der Waals surface area contributed by atoms with Gasteiger partial charge in [-0.1, -0.05) is 25.2 Å². The first-order valence-corrected chi connectivity index (χ1v) is 5.18. The van der Waals surface area contributed by atoms with Crippen molar-refractivity contribution in [3.05, 3.63) is 36.1 Å². The molecule has 0 unspecified atom stereocenters. The molecule has 2 heteroatoms. The van der Waals surface area contributed by atoms with Gasteiger partial charge >= 0.3 is 0 Å². The van der Waals surface area contributed by atoms with Crippen LogP contribution in [-0.4, -0.2) is 4.98 Å². The van der Waals surface area contributed by atoms with E-state index in [-0.39, 0.29) is 0 Å². The third-order valence-corrected chi connectivity index (χ3v) is 2.43. The second-order valence-corrected chi connectivity index (χ2v) is 3.51. The summed E-state index contributed by atoms with van der Waals surface area (Å²) in [7, 11) is 0. The van der Waals surface area contributed by atoms with Crippen molar-refractivity contribution in [2.24, 2.45) is 0 Å². The second-order valence-electron chi connectivity index (χ2n) is 3.51. The van der Waals surface area contributed by atoms with Gasteiger partial charge in [0.1, 0.15) is 11.5 Å². The topological polar surface area (TPSA) is 26.0 Å². The Kier molecular flexibility index (Phi) is 2.82. The van der Waals surface area contributed by atoms with Crippen molar-refractivity contribution in [2.45, 2.75) is 32.6 Å². The molecule has 14 heavy (non-hydrogen) atoms. The van der Waals surface area contributed by atoms with Gasteiger partial charge in [0, 0.05) is 6.42 Å². The first-order chi connectivity index (χ1) is 6.92. The molecule has 0 fully saturated rings. The van der Waals surface area contributed by atoms with Crippen LogP contribution in [0.1, 0.15) is 37.6 Å². The molecule has 0 aliphatic heterocycles. The van der Waals surface area contributed by atoms with Gasteiger partial charge in [-0.05, 0) is 24.8 Å². The lowest BCUT2D eigenvalue weighted by Gasteiger charge is -2.06. The van der Waals surface area contributed by atoms with Crippen LogP contribution in [0.15, 0.2) is 29.0 Å². The van der Waals surface area contributed by atoms with Gasteiger partial charge in [-0.3, -0.25) is 0 Å². The highest BCUT2D eigenvalue weighted by atomic mass is 16.3. The fraction of sp³-hybridized carbons (Fsp3) is 0.417. The van der Waals surface area contributed by atoms with E-state index in [0.29, 0.717) is 0 Å². The van der Waals surface area contributed by atoms with E-state index in [9.17, 15) is 0 Å². The molecule has 74 valence electrons. The van der Waals surface area contributed by atoms with Gasteiger partial charge in [0.05, 0.1) is 0 Å². The first kappa shape index (κ1) is 9.25. The zero-order valence-electron chi connectivity index (χ0n) is 8.49. The fourth-order valence-corrected chi connectivity index (χ4v) is 1.73. The van der Waals surface area contributed by atoms with Crippen molar-refractivity contribution in [1.82, 2.24) is 4.98 Å². The lowest BCUT2D eigenvalue weighted by molar-refractivity contribution is 0.500. The maximum Gasteiger partial charge on any atom is 0.181 e. The maximum absolute atomic E-state index is 5.38. The summed E-state index contributed by atoms with van der Waals surface area (Å²) in [6.07, 6.45) is 12.3. The summed E-state index contributed by atoms with van der Waals surface area (Å²) in [6.45, 7) is 2.15. The zero-order chi connectivity index (χ0) is 9.80. The minimum Gasteiger partial charge on any atom is -0.448 e. The largest absolute Gasteiger partial charge is 0.448 e. The molecule has 0 amide bonds. The summed E-state index contributed by atoms with van der Waals surface area (Å²) in [5.74, 6) is 1.04. The summed E-state index contributed by atoms with van der Waals surface area (Å²) in [6, 6.07) is 0. The highest BCUT2D eigenvalue weighted by molar-refractivity contribution is 5.66. The maximum atomic E-state index is 5.38. The summed E-state index contributed by atoms with van der Waals surface area (Å²) in [5.41, 5.74) is 2.38. The minimum absolute atomic E-state index is 0.983. The van der Waals surface area contributed by atoms with E-state index >= 15 is 0 Å². The molecule has 0 N–H and O–H groups in total. The van der Waals surface area contributed by atoms with Crippen LogP contribution in [-0.2, 0) is 6.42 Å². The molecule has 0 aromatic carbocycles. The van der Waals surface area contributed by atoms with E-state index in [1.54, 1.807) is 6.39 Å². The van der Waals surface area contributed by atoms with E-state index in [4.69, 9.17) is 4.42 Å². The predicted octanol–water partition coefficient (Wildman–Crippen LogP) is 3.36. The van der Waals surface area contributed by atoms with Crippen molar-refractivity contribution in [3.63, 3.8) is 0 Å². The standard InChI is InChI=1S/C12H15NO/c1-2-6-11-12(13-9-14-11)10-7-4-3-5-8-10/h3-4,8-9H,2,5-7H2,1H3. The highest BCUT2D eigenvalue weighted by Crippen LogP contribution is 2.25. The molecule has 2 nitrogen and oxygen atoms in total. The molecule has 1 aromatic heterocycles. The molecule has 0 atom stereocenters. The second kappa shape index (κ2) is 4.27. The molecule has 1 aliphatic carbocycles. The minimum atomic E-state index is 0.983. The summed E-state index contributed by atoms with van der Waals surface area (Å²) >= 11 is 0. The third kappa shape index (κ3) is 1.79. The van der Waals surface area contributed by atoms with Crippen molar-refractivity contribution in [3.8, 4) is 0 Å². The number of oxazole rings is 1. The van der Waals surface area contributed by atoms with Crippen LogP contribution in [0, 0.1) is 0 Å². The van der Waals surface area contributed by atoms with E-state index in [1.165, 1.54) is 5.57 Å². The summed E-state index contributed by atoms with van der Waals surface area (Å²) < 4.78 is 5.38. The van der Waals surface area contributed by atoms with Gasteiger partial charge < -0.3 is 4.42 Å². The Hall–Kier alpha value is -1.31.